The summed E-state index contributed by atoms with van der Waals surface area (Å²) in [6, 6.07) is 7.45. The van der Waals surface area contributed by atoms with Gasteiger partial charge in [0.25, 0.3) is 5.91 Å². The number of furan rings is 1. The first-order valence-corrected chi connectivity index (χ1v) is 7.22. The number of aliphatic hydroxyl groups excluding tert-OH is 1. The van der Waals surface area contributed by atoms with Crippen molar-refractivity contribution in [3.05, 3.63) is 36.1 Å². The van der Waals surface area contributed by atoms with E-state index < -0.39 is 5.60 Å². The lowest BCUT2D eigenvalue weighted by Crippen LogP contribution is -2.36. The van der Waals surface area contributed by atoms with Gasteiger partial charge in [-0.1, -0.05) is 18.2 Å². The largest absolute Gasteiger partial charge is 0.463 e. The molecule has 112 valence electrons. The van der Waals surface area contributed by atoms with Gasteiger partial charge >= 0.3 is 0 Å². The van der Waals surface area contributed by atoms with Gasteiger partial charge in [0, 0.05) is 18.5 Å². The summed E-state index contributed by atoms with van der Waals surface area (Å²) in [6.07, 6.45) is 3.08. The Labute approximate surface area is 122 Å². The number of hydrogen-bond donors (Lipinski definition) is 2. The molecular weight excluding hydrogens is 270 g/mol. The Kier molecular flexibility index (Phi) is 3.69. The molecule has 1 aliphatic heterocycles. The molecule has 1 atom stereocenters. The predicted molar refractivity (Wildman–Crippen MR) is 78.0 cm³/mol. The maximum Gasteiger partial charge on any atom is 0.257 e. The zero-order chi connectivity index (χ0) is 14.9. The molecule has 0 aliphatic carbocycles. The fourth-order valence-corrected chi connectivity index (χ4v) is 2.85. The minimum absolute atomic E-state index is 0.0814. The molecule has 1 aromatic heterocycles. The molecule has 0 unspecified atom stereocenters. The highest BCUT2D eigenvalue weighted by atomic mass is 16.3. The summed E-state index contributed by atoms with van der Waals surface area (Å²) in [5, 5.41) is 20.2. The molecule has 0 bridgehead atoms. The quantitative estimate of drug-likeness (QED) is 0.884. The van der Waals surface area contributed by atoms with Gasteiger partial charge in [-0.15, -0.1) is 0 Å². The number of carbonyl (C=O) groups is 1. The van der Waals surface area contributed by atoms with Crippen LogP contribution in [0.1, 0.15) is 29.6 Å². The highest BCUT2D eigenvalue weighted by molar-refractivity contribution is 6.05. The number of likely N-dealkylation sites (tertiary alicyclic amines) is 1. The van der Waals surface area contributed by atoms with E-state index in [4.69, 9.17) is 4.42 Å². The molecule has 2 aromatic rings. The number of rotatable bonds is 2. The molecule has 5 nitrogen and oxygen atoms in total. The average Bonchev–Trinajstić information content (AvgIpc) is 2.83. The smallest absolute Gasteiger partial charge is 0.257 e. The monoisotopic (exact) mass is 289 g/mol. The third-order valence-corrected chi connectivity index (χ3v) is 4.21. The second-order valence-electron chi connectivity index (χ2n) is 5.67. The van der Waals surface area contributed by atoms with Crippen molar-refractivity contribution in [3.8, 4) is 0 Å². The summed E-state index contributed by atoms with van der Waals surface area (Å²) < 4.78 is 5.42. The molecule has 1 fully saturated rings. The van der Waals surface area contributed by atoms with Crippen LogP contribution in [-0.2, 0) is 0 Å². The van der Waals surface area contributed by atoms with Gasteiger partial charge in [-0.3, -0.25) is 4.79 Å². The standard InChI is InChI=1S/C16H19NO4/c18-11-16(20)6-3-8-17(9-7-16)15(19)13-10-21-14-5-2-1-4-12(13)14/h1-2,4-5,10,18,20H,3,6-9,11H2/t16-/m0/s1. The van der Waals surface area contributed by atoms with E-state index in [1.54, 1.807) is 4.90 Å². The van der Waals surface area contributed by atoms with Crippen LogP contribution in [-0.4, -0.2) is 46.3 Å². The Bertz CT molecular complexity index is 651. The van der Waals surface area contributed by atoms with Crippen molar-refractivity contribution < 1.29 is 19.4 Å². The number of benzene rings is 1. The Morgan fingerprint density at radius 1 is 1.29 bits per heavy atom. The van der Waals surface area contributed by atoms with Crippen molar-refractivity contribution >= 4 is 16.9 Å². The number of carbonyl (C=O) groups excluding carboxylic acids is 1. The van der Waals surface area contributed by atoms with E-state index in [0.29, 0.717) is 43.5 Å². The van der Waals surface area contributed by atoms with Crippen LogP contribution in [0.3, 0.4) is 0 Å². The van der Waals surface area contributed by atoms with E-state index in [2.05, 4.69) is 0 Å². The van der Waals surface area contributed by atoms with E-state index in [-0.39, 0.29) is 12.5 Å². The van der Waals surface area contributed by atoms with Gasteiger partial charge < -0.3 is 19.5 Å². The minimum atomic E-state index is -1.06. The molecular formula is C16H19NO4. The third kappa shape index (κ3) is 2.66. The second kappa shape index (κ2) is 5.50. The molecule has 0 saturated carbocycles. The first kappa shape index (κ1) is 14.1. The molecule has 2 heterocycles. The van der Waals surface area contributed by atoms with E-state index in [0.717, 1.165) is 5.39 Å². The number of nitrogens with zero attached hydrogens (tertiary/aromatic N) is 1. The molecule has 0 radical (unpaired) electrons. The van der Waals surface area contributed by atoms with Crippen molar-refractivity contribution in [1.82, 2.24) is 4.90 Å². The van der Waals surface area contributed by atoms with Crippen molar-refractivity contribution in [2.75, 3.05) is 19.7 Å². The Balaban J connectivity index is 1.82. The molecule has 1 amide bonds. The summed E-state index contributed by atoms with van der Waals surface area (Å²) in [6.45, 7) is 0.764. The van der Waals surface area contributed by atoms with Crippen LogP contribution in [0.5, 0.6) is 0 Å². The lowest BCUT2D eigenvalue weighted by molar-refractivity contribution is -0.0250. The van der Waals surface area contributed by atoms with Gasteiger partial charge in [-0.25, -0.2) is 0 Å². The summed E-state index contributed by atoms with van der Waals surface area (Å²) in [4.78, 5) is 14.4. The molecule has 2 N–H and O–H groups in total. The number of amides is 1. The summed E-state index contributed by atoms with van der Waals surface area (Å²) in [5.41, 5.74) is 0.190. The normalized spacial score (nSPS) is 23.2. The van der Waals surface area contributed by atoms with Crippen molar-refractivity contribution in [1.29, 1.82) is 0 Å². The average molecular weight is 289 g/mol. The van der Waals surface area contributed by atoms with Crippen molar-refractivity contribution in [2.45, 2.75) is 24.9 Å². The first-order valence-electron chi connectivity index (χ1n) is 7.22. The van der Waals surface area contributed by atoms with Crippen LogP contribution in [0, 0.1) is 0 Å². The molecule has 5 heteroatoms. The second-order valence-corrected chi connectivity index (χ2v) is 5.67. The first-order chi connectivity index (χ1) is 10.1. The van der Waals surface area contributed by atoms with E-state index in [9.17, 15) is 15.0 Å². The van der Waals surface area contributed by atoms with E-state index in [1.165, 1.54) is 6.26 Å². The summed E-state index contributed by atoms with van der Waals surface area (Å²) in [7, 11) is 0. The molecule has 1 aliphatic rings. The topological polar surface area (TPSA) is 73.9 Å². The van der Waals surface area contributed by atoms with Gasteiger partial charge in [0.1, 0.15) is 11.8 Å². The molecule has 21 heavy (non-hydrogen) atoms. The number of para-hydroxylation sites is 1. The van der Waals surface area contributed by atoms with Crippen molar-refractivity contribution in [3.63, 3.8) is 0 Å². The minimum Gasteiger partial charge on any atom is -0.463 e. The Hall–Kier alpha value is -1.85. The number of aliphatic hydroxyl groups is 2. The molecule has 0 spiro atoms. The van der Waals surface area contributed by atoms with Gasteiger partial charge in [0.15, 0.2) is 0 Å². The van der Waals surface area contributed by atoms with E-state index >= 15 is 0 Å². The zero-order valence-corrected chi connectivity index (χ0v) is 11.8. The Morgan fingerprint density at radius 3 is 2.90 bits per heavy atom. The highest BCUT2D eigenvalue weighted by Gasteiger charge is 2.31. The number of hydrogen-bond acceptors (Lipinski definition) is 4. The lowest BCUT2D eigenvalue weighted by Gasteiger charge is -2.24. The Morgan fingerprint density at radius 2 is 2.10 bits per heavy atom. The maximum absolute atomic E-state index is 12.6. The maximum atomic E-state index is 12.6. The summed E-state index contributed by atoms with van der Waals surface area (Å²) >= 11 is 0. The highest BCUT2D eigenvalue weighted by Crippen LogP contribution is 2.26. The van der Waals surface area contributed by atoms with Gasteiger partial charge in [-0.2, -0.15) is 0 Å². The van der Waals surface area contributed by atoms with Crippen LogP contribution in [0.2, 0.25) is 0 Å². The molecule has 3 rings (SSSR count). The molecule has 1 aromatic carbocycles. The van der Waals surface area contributed by atoms with Gasteiger partial charge in [0.2, 0.25) is 0 Å². The molecule has 1 saturated heterocycles. The number of fused-ring (bicyclic) bond motifs is 1. The fourth-order valence-electron chi connectivity index (χ4n) is 2.85. The van der Waals surface area contributed by atoms with Crippen LogP contribution in [0.4, 0.5) is 0 Å². The summed E-state index contributed by atoms with van der Waals surface area (Å²) in [5.74, 6) is -0.0814. The van der Waals surface area contributed by atoms with Crippen LogP contribution < -0.4 is 0 Å². The van der Waals surface area contributed by atoms with Gasteiger partial charge in [-0.05, 0) is 25.3 Å². The van der Waals surface area contributed by atoms with Gasteiger partial charge in [0.05, 0.1) is 17.8 Å². The van der Waals surface area contributed by atoms with Crippen LogP contribution in [0.25, 0.3) is 11.0 Å². The SMILES string of the molecule is O=C(c1coc2ccccc12)N1CCC[C@@](O)(CO)CC1. The van der Waals surface area contributed by atoms with Crippen LogP contribution >= 0.6 is 0 Å². The van der Waals surface area contributed by atoms with E-state index in [1.807, 2.05) is 24.3 Å². The van der Waals surface area contributed by atoms with Crippen LogP contribution in [0.15, 0.2) is 34.9 Å². The van der Waals surface area contributed by atoms with Crippen molar-refractivity contribution in [2.24, 2.45) is 0 Å². The fraction of sp³-hybridized carbons (Fsp3) is 0.438. The lowest BCUT2D eigenvalue weighted by atomic mass is 9.96. The zero-order valence-electron chi connectivity index (χ0n) is 11.8. The predicted octanol–water partition coefficient (Wildman–Crippen LogP) is 1.78. The third-order valence-electron chi connectivity index (χ3n) is 4.21.